The van der Waals surface area contributed by atoms with Gasteiger partial charge in [0.1, 0.15) is 5.75 Å². The predicted octanol–water partition coefficient (Wildman–Crippen LogP) is 3.27. The van der Waals surface area contributed by atoms with Crippen LogP contribution in [-0.4, -0.2) is 24.2 Å². The zero-order valence-electron chi connectivity index (χ0n) is 13.1. The Balaban J connectivity index is 2.02. The van der Waals surface area contributed by atoms with Gasteiger partial charge in [-0.2, -0.15) is 0 Å². The molecule has 1 saturated carbocycles. The molecule has 0 atom stereocenters. The highest BCUT2D eigenvalue weighted by Crippen LogP contribution is 2.28. The van der Waals surface area contributed by atoms with E-state index in [0.29, 0.717) is 22.6 Å². The fraction of sp³-hybridized carbons (Fsp3) is 0.500. The molecule has 0 heterocycles. The summed E-state index contributed by atoms with van der Waals surface area (Å²) in [5.74, 6) is 0.570. The summed E-state index contributed by atoms with van der Waals surface area (Å²) < 4.78 is 5.33. The van der Waals surface area contributed by atoms with Gasteiger partial charge in [-0.25, -0.2) is 0 Å². The average molecular weight is 321 g/mol. The van der Waals surface area contributed by atoms with Crippen molar-refractivity contribution in [3.8, 4) is 5.75 Å². The number of anilines is 2. The summed E-state index contributed by atoms with van der Waals surface area (Å²) in [6.07, 6.45) is 6.13. The van der Waals surface area contributed by atoms with Gasteiger partial charge in [0.15, 0.2) is 5.11 Å². The lowest BCUT2D eigenvalue weighted by molar-refractivity contribution is -0.114. The van der Waals surface area contributed by atoms with Crippen LogP contribution in [0.1, 0.15) is 39.0 Å². The topological polar surface area (TPSA) is 62.4 Å². The Hall–Kier alpha value is -1.82. The molecule has 1 aromatic carbocycles. The van der Waals surface area contributed by atoms with Gasteiger partial charge in [-0.1, -0.05) is 19.3 Å². The van der Waals surface area contributed by atoms with Gasteiger partial charge < -0.3 is 20.7 Å². The third-order valence-corrected chi connectivity index (χ3v) is 3.93. The number of carbonyl (C=O) groups excluding carboxylic acids is 1. The second-order valence-corrected chi connectivity index (χ2v) is 5.94. The minimum atomic E-state index is -0.112. The van der Waals surface area contributed by atoms with Crippen LogP contribution < -0.4 is 20.7 Å². The van der Waals surface area contributed by atoms with E-state index < -0.39 is 0 Å². The van der Waals surface area contributed by atoms with Crippen LogP contribution in [-0.2, 0) is 4.79 Å². The van der Waals surface area contributed by atoms with Gasteiger partial charge in [0.2, 0.25) is 5.91 Å². The Morgan fingerprint density at radius 2 is 1.95 bits per heavy atom. The maximum atomic E-state index is 11.2. The number of thiocarbonyl (C=S) groups is 1. The molecule has 6 heteroatoms. The van der Waals surface area contributed by atoms with Crippen molar-refractivity contribution in [2.45, 2.75) is 45.1 Å². The molecular weight excluding hydrogens is 298 g/mol. The molecule has 0 unspecified atom stereocenters. The summed E-state index contributed by atoms with van der Waals surface area (Å²) in [6, 6.07) is 5.85. The monoisotopic (exact) mass is 321 g/mol. The van der Waals surface area contributed by atoms with E-state index in [-0.39, 0.29) is 5.91 Å². The molecule has 5 nitrogen and oxygen atoms in total. The lowest BCUT2D eigenvalue weighted by Crippen LogP contribution is -2.38. The molecule has 0 aliphatic heterocycles. The van der Waals surface area contributed by atoms with Crippen LogP contribution in [0.2, 0.25) is 0 Å². The van der Waals surface area contributed by atoms with Gasteiger partial charge in [0.25, 0.3) is 0 Å². The number of hydrogen-bond acceptors (Lipinski definition) is 3. The summed E-state index contributed by atoms with van der Waals surface area (Å²) in [4.78, 5) is 11.2. The minimum absolute atomic E-state index is 0.112. The predicted molar refractivity (Wildman–Crippen MR) is 93.5 cm³/mol. The Labute approximate surface area is 136 Å². The van der Waals surface area contributed by atoms with Crippen LogP contribution in [0, 0.1) is 0 Å². The summed E-state index contributed by atoms with van der Waals surface area (Å²) in [7, 11) is 1.61. The van der Waals surface area contributed by atoms with Crippen LogP contribution in [0.4, 0.5) is 11.4 Å². The van der Waals surface area contributed by atoms with Gasteiger partial charge in [-0.05, 0) is 43.3 Å². The molecule has 1 aliphatic carbocycles. The maximum Gasteiger partial charge on any atom is 0.221 e. The van der Waals surface area contributed by atoms with E-state index in [0.717, 1.165) is 18.5 Å². The van der Waals surface area contributed by atoms with E-state index in [9.17, 15) is 4.79 Å². The first kappa shape index (κ1) is 16.5. The molecule has 0 saturated heterocycles. The lowest BCUT2D eigenvalue weighted by Gasteiger charge is -2.24. The van der Waals surface area contributed by atoms with E-state index >= 15 is 0 Å². The molecule has 1 aliphatic rings. The Kier molecular flexibility index (Phi) is 6.00. The van der Waals surface area contributed by atoms with Gasteiger partial charge in [0, 0.05) is 18.7 Å². The van der Waals surface area contributed by atoms with Crippen molar-refractivity contribution < 1.29 is 9.53 Å². The molecule has 22 heavy (non-hydrogen) atoms. The number of amides is 1. The van der Waals surface area contributed by atoms with Gasteiger partial charge in [-0.15, -0.1) is 0 Å². The van der Waals surface area contributed by atoms with Crippen molar-refractivity contribution in [3.05, 3.63) is 18.2 Å². The van der Waals surface area contributed by atoms with Crippen LogP contribution in [0.15, 0.2) is 18.2 Å². The van der Waals surface area contributed by atoms with Crippen molar-refractivity contribution in [1.29, 1.82) is 0 Å². The number of benzene rings is 1. The summed E-state index contributed by atoms with van der Waals surface area (Å²) in [6.45, 7) is 1.48. The van der Waals surface area contributed by atoms with Crippen molar-refractivity contribution in [1.82, 2.24) is 5.32 Å². The smallest absolute Gasteiger partial charge is 0.221 e. The normalized spacial score (nSPS) is 15.0. The zero-order chi connectivity index (χ0) is 15.9. The first-order chi connectivity index (χ1) is 10.6. The Morgan fingerprint density at radius 1 is 1.23 bits per heavy atom. The molecule has 1 fully saturated rings. The molecule has 1 aromatic rings. The van der Waals surface area contributed by atoms with Gasteiger partial charge in [0.05, 0.1) is 12.8 Å². The van der Waals surface area contributed by atoms with Crippen molar-refractivity contribution >= 4 is 34.6 Å². The number of ether oxygens (including phenoxy) is 1. The first-order valence-electron chi connectivity index (χ1n) is 7.61. The molecule has 2 rings (SSSR count). The first-order valence-corrected chi connectivity index (χ1v) is 8.02. The van der Waals surface area contributed by atoms with Crippen molar-refractivity contribution in [2.75, 3.05) is 17.7 Å². The fourth-order valence-corrected chi connectivity index (χ4v) is 2.95. The minimum Gasteiger partial charge on any atom is -0.495 e. The molecule has 120 valence electrons. The lowest BCUT2D eigenvalue weighted by atomic mass is 9.96. The van der Waals surface area contributed by atoms with Gasteiger partial charge in [-0.3, -0.25) is 4.79 Å². The number of nitrogens with one attached hydrogen (secondary N) is 3. The summed E-state index contributed by atoms with van der Waals surface area (Å²) in [5.41, 5.74) is 1.44. The number of hydrogen-bond donors (Lipinski definition) is 3. The SMILES string of the molecule is COc1ccc(NC(C)=O)cc1NC(=S)NC1CCCCC1. The second kappa shape index (κ2) is 7.98. The number of methoxy groups -OCH3 is 1. The quantitative estimate of drug-likeness (QED) is 0.743. The zero-order valence-corrected chi connectivity index (χ0v) is 13.9. The van der Waals surface area contributed by atoms with Crippen molar-refractivity contribution in [2.24, 2.45) is 0 Å². The maximum absolute atomic E-state index is 11.2. The molecular formula is C16H23N3O2S. The third kappa shape index (κ3) is 4.87. The third-order valence-electron chi connectivity index (χ3n) is 3.71. The van der Waals surface area contributed by atoms with Gasteiger partial charge >= 0.3 is 0 Å². The Bertz CT molecular complexity index is 542. The molecule has 0 radical (unpaired) electrons. The second-order valence-electron chi connectivity index (χ2n) is 5.53. The van der Waals surface area contributed by atoms with Crippen molar-refractivity contribution in [3.63, 3.8) is 0 Å². The van der Waals surface area contributed by atoms with Crippen LogP contribution in [0.3, 0.4) is 0 Å². The molecule has 0 aromatic heterocycles. The van der Waals surface area contributed by atoms with E-state index in [1.165, 1.54) is 26.2 Å². The highest BCUT2D eigenvalue weighted by atomic mass is 32.1. The van der Waals surface area contributed by atoms with Crippen LogP contribution in [0.5, 0.6) is 5.75 Å². The van der Waals surface area contributed by atoms with E-state index in [2.05, 4.69) is 16.0 Å². The number of rotatable bonds is 4. The standard InChI is InChI=1S/C16H23N3O2S/c1-11(20)17-13-8-9-15(21-2)14(10-13)19-16(22)18-12-6-4-3-5-7-12/h8-10,12H,3-7H2,1-2H3,(H,17,20)(H2,18,19,22). The number of carbonyl (C=O) groups is 1. The van der Waals surface area contributed by atoms with Crippen LogP contribution >= 0.6 is 12.2 Å². The highest BCUT2D eigenvalue weighted by molar-refractivity contribution is 7.80. The average Bonchev–Trinajstić information content (AvgIpc) is 2.48. The molecule has 0 spiro atoms. The van der Waals surface area contributed by atoms with E-state index in [1.54, 1.807) is 19.2 Å². The molecule has 3 N–H and O–H groups in total. The summed E-state index contributed by atoms with van der Waals surface area (Å²) in [5, 5.41) is 9.86. The fourth-order valence-electron chi connectivity index (χ4n) is 2.68. The van der Waals surface area contributed by atoms with E-state index in [1.807, 2.05) is 6.07 Å². The highest BCUT2D eigenvalue weighted by Gasteiger charge is 2.15. The van der Waals surface area contributed by atoms with E-state index in [4.69, 9.17) is 17.0 Å². The Morgan fingerprint density at radius 3 is 2.59 bits per heavy atom. The molecule has 1 amide bonds. The van der Waals surface area contributed by atoms with Crippen LogP contribution in [0.25, 0.3) is 0 Å². The summed E-state index contributed by atoms with van der Waals surface area (Å²) >= 11 is 5.39. The largest absolute Gasteiger partial charge is 0.495 e. The molecule has 0 bridgehead atoms.